The number of benzene rings is 1. The summed E-state index contributed by atoms with van der Waals surface area (Å²) in [5.74, 6) is -1.34. The lowest BCUT2D eigenvalue weighted by atomic mass is 9.86. The Bertz CT molecular complexity index is 389. The van der Waals surface area contributed by atoms with Crippen LogP contribution in [0.15, 0.2) is 16.6 Å². The van der Waals surface area contributed by atoms with Gasteiger partial charge in [0.2, 0.25) is 0 Å². The maximum absolute atomic E-state index is 13.7. The largest absolute Gasteiger partial charge is 0.390 e. The smallest absolute Gasteiger partial charge is 0.143 e. The molecule has 1 aromatic carbocycles. The van der Waals surface area contributed by atoms with Crippen molar-refractivity contribution in [3.05, 3.63) is 33.8 Å². The molecule has 0 amide bonds. The van der Waals surface area contributed by atoms with Crippen molar-refractivity contribution >= 4 is 15.9 Å². The normalized spacial score (nSPS) is 15.2. The molecular formula is C12H15BrF2O. The fraction of sp³-hybridized carbons (Fsp3) is 0.500. The number of rotatable bonds is 3. The second-order valence-corrected chi connectivity index (χ2v) is 5.36. The summed E-state index contributed by atoms with van der Waals surface area (Å²) in [6.07, 6.45) is -0.0399. The van der Waals surface area contributed by atoms with Gasteiger partial charge in [-0.05, 0) is 40.9 Å². The van der Waals surface area contributed by atoms with Gasteiger partial charge in [-0.1, -0.05) is 13.8 Å². The van der Waals surface area contributed by atoms with E-state index in [1.165, 1.54) is 12.1 Å². The lowest BCUT2D eigenvalue weighted by Crippen LogP contribution is -2.34. The van der Waals surface area contributed by atoms with Crippen LogP contribution < -0.4 is 0 Å². The molecular weight excluding hydrogens is 278 g/mol. The zero-order valence-electron chi connectivity index (χ0n) is 9.52. The second-order valence-electron chi connectivity index (χ2n) is 4.51. The summed E-state index contributed by atoms with van der Waals surface area (Å²) in [4.78, 5) is 0. The number of hydrogen-bond donors (Lipinski definition) is 1. The summed E-state index contributed by atoms with van der Waals surface area (Å²) in [6.45, 7) is 5.21. The monoisotopic (exact) mass is 292 g/mol. The Hall–Kier alpha value is -0.480. The highest BCUT2D eigenvalue weighted by Crippen LogP contribution is 2.28. The first-order valence-electron chi connectivity index (χ1n) is 5.10. The molecule has 0 aliphatic heterocycles. The summed E-state index contributed by atoms with van der Waals surface area (Å²) >= 11 is 3.00. The Morgan fingerprint density at radius 1 is 1.38 bits per heavy atom. The highest BCUT2D eigenvalue weighted by Gasteiger charge is 2.28. The van der Waals surface area contributed by atoms with Gasteiger partial charge in [0.1, 0.15) is 11.6 Å². The van der Waals surface area contributed by atoms with Crippen LogP contribution >= 0.6 is 15.9 Å². The van der Waals surface area contributed by atoms with Crippen molar-refractivity contribution in [1.82, 2.24) is 0 Å². The van der Waals surface area contributed by atoms with E-state index in [0.717, 1.165) is 0 Å². The first kappa shape index (κ1) is 13.6. The van der Waals surface area contributed by atoms with Crippen molar-refractivity contribution in [2.24, 2.45) is 5.92 Å². The standard InChI is InChI=1S/C12H15BrF2O/c1-7(2)12(3,16)6-8-10(14)5-4-9(13)11(8)15/h4-5,7,16H,6H2,1-3H3. The molecule has 90 valence electrons. The minimum atomic E-state index is -1.12. The predicted octanol–water partition coefficient (Wildman–Crippen LogP) is 3.68. The lowest BCUT2D eigenvalue weighted by molar-refractivity contribution is 0.0124. The van der Waals surface area contributed by atoms with Crippen molar-refractivity contribution in [1.29, 1.82) is 0 Å². The SMILES string of the molecule is CC(C)C(C)(O)Cc1c(F)ccc(Br)c1F. The fourth-order valence-corrected chi connectivity index (χ4v) is 1.66. The van der Waals surface area contributed by atoms with Crippen LogP contribution in [0.4, 0.5) is 8.78 Å². The fourth-order valence-electron chi connectivity index (χ4n) is 1.29. The molecule has 16 heavy (non-hydrogen) atoms. The first-order valence-corrected chi connectivity index (χ1v) is 5.89. The van der Waals surface area contributed by atoms with Crippen LogP contribution in [0.3, 0.4) is 0 Å². The first-order chi connectivity index (χ1) is 7.25. The molecule has 0 bridgehead atoms. The van der Waals surface area contributed by atoms with Crippen molar-refractivity contribution in [3.8, 4) is 0 Å². The van der Waals surface area contributed by atoms with Gasteiger partial charge in [0.25, 0.3) is 0 Å². The Morgan fingerprint density at radius 2 is 1.94 bits per heavy atom. The quantitative estimate of drug-likeness (QED) is 0.843. The van der Waals surface area contributed by atoms with E-state index in [-0.39, 0.29) is 22.4 Å². The molecule has 1 unspecified atom stereocenters. The molecule has 0 spiro atoms. The molecule has 0 saturated heterocycles. The molecule has 0 aliphatic carbocycles. The van der Waals surface area contributed by atoms with E-state index in [9.17, 15) is 13.9 Å². The minimum Gasteiger partial charge on any atom is -0.390 e. The van der Waals surface area contributed by atoms with E-state index in [1.54, 1.807) is 6.92 Å². The Kier molecular flexibility index (Phi) is 4.07. The third kappa shape index (κ3) is 2.80. The number of aliphatic hydroxyl groups is 1. The van der Waals surface area contributed by atoms with E-state index in [2.05, 4.69) is 15.9 Å². The molecule has 1 aromatic rings. The molecule has 0 fully saturated rings. The van der Waals surface area contributed by atoms with E-state index >= 15 is 0 Å². The van der Waals surface area contributed by atoms with Crippen molar-refractivity contribution in [3.63, 3.8) is 0 Å². The zero-order valence-corrected chi connectivity index (χ0v) is 11.1. The van der Waals surface area contributed by atoms with Crippen LogP contribution in [0.1, 0.15) is 26.3 Å². The molecule has 0 heterocycles. The molecule has 1 N–H and O–H groups in total. The Labute approximate surface area is 103 Å². The van der Waals surface area contributed by atoms with Crippen LogP contribution in [0, 0.1) is 17.6 Å². The topological polar surface area (TPSA) is 20.2 Å². The third-order valence-corrected chi connectivity index (χ3v) is 3.53. The molecule has 0 radical (unpaired) electrons. The summed E-state index contributed by atoms with van der Waals surface area (Å²) in [5.41, 5.74) is -1.20. The highest BCUT2D eigenvalue weighted by molar-refractivity contribution is 9.10. The van der Waals surface area contributed by atoms with Gasteiger partial charge >= 0.3 is 0 Å². The van der Waals surface area contributed by atoms with Crippen molar-refractivity contribution in [2.75, 3.05) is 0 Å². The summed E-state index contributed by atoms with van der Waals surface area (Å²) < 4.78 is 27.3. The lowest BCUT2D eigenvalue weighted by Gasteiger charge is -2.28. The number of hydrogen-bond acceptors (Lipinski definition) is 1. The maximum Gasteiger partial charge on any atom is 0.143 e. The molecule has 1 atom stereocenters. The Balaban J connectivity index is 3.11. The van der Waals surface area contributed by atoms with Gasteiger partial charge < -0.3 is 5.11 Å². The molecule has 4 heteroatoms. The van der Waals surface area contributed by atoms with Gasteiger partial charge in [-0.15, -0.1) is 0 Å². The summed E-state index contributed by atoms with van der Waals surface area (Å²) in [7, 11) is 0. The molecule has 0 saturated carbocycles. The predicted molar refractivity (Wildman–Crippen MR) is 63.2 cm³/mol. The van der Waals surface area contributed by atoms with E-state index in [0.29, 0.717) is 0 Å². The van der Waals surface area contributed by atoms with Gasteiger partial charge in [0.05, 0.1) is 10.1 Å². The second kappa shape index (κ2) is 4.80. The maximum atomic E-state index is 13.7. The van der Waals surface area contributed by atoms with Crippen LogP contribution in [-0.4, -0.2) is 10.7 Å². The third-order valence-electron chi connectivity index (χ3n) is 2.92. The van der Waals surface area contributed by atoms with Crippen molar-refractivity contribution < 1.29 is 13.9 Å². The average molecular weight is 293 g/mol. The minimum absolute atomic E-state index is 0.0399. The van der Waals surface area contributed by atoms with Crippen LogP contribution in [0.25, 0.3) is 0 Å². The van der Waals surface area contributed by atoms with Gasteiger partial charge in [-0.2, -0.15) is 0 Å². The van der Waals surface area contributed by atoms with Crippen molar-refractivity contribution in [2.45, 2.75) is 32.8 Å². The average Bonchev–Trinajstić information content (AvgIpc) is 2.18. The van der Waals surface area contributed by atoms with Gasteiger partial charge in [0.15, 0.2) is 0 Å². The van der Waals surface area contributed by atoms with E-state index < -0.39 is 17.2 Å². The van der Waals surface area contributed by atoms with Gasteiger partial charge in [-0.3, -0.25) is 0 Å². The van der Waals surface area contributed by atoms with Gasteiger partial charge in [-0.25, -0.2) is 8.78 Å². The van der Waals surface area contributed by atoms with E-state index in [4.69, 9.17) is 0 Å². The molecule has 1 rings (SSSR count). The number of halogens is 3. The van der Waals surface area contributed by atoms with E-state index in [1.807, 2.05) is 13.8 Å². The molecule has 1 nitrogen and oxygen atoms in total. The zero-order chi connectivity index (χ0) is 12.5. The highest BCUT2D eigenvalue weighted by atomic mass is 79.9. The van der Waals surface area contributed by atoms with Crippen LogP contribution in [0.2, 0.25) is 0 Å². The summed E-state index contributed by atoms with van der Waals surface area (Å²) in [6, 6.07) is 2.51. The van der Waals surface area contributed by atoms with Crippen LogP contribution in [-0.2, 0) is 6.42 Å². The Morgan fingerprint density at radius 3 is 2.44 bits per heavy atom. The molecule has 0 aliphatic rings. The van der Waals surface area contributed by atoms with Gasteiger partial charge in [0, 0.05) is 12.0 Å². The molecule has 0 aromatic heterocycles. The summed E-state index contributed by atoms with van der Waals surface area (Å²) in [5, 5.41) is 10.0. The van der Waals surface area contributed by atoms with Crippen LogP contribution in [0.5, 0.6) is 0 Å².